The molecule has 2 aromatic rings. The fourth-order valence-corrected chi connectivity index (χ4v) is 4.82. The number of benzene rings is 2. The normalized spacial score (nSPS) is 23.7. The number of carbonyl (C=O) groups is 2. The van der Waals surface area contributed by atoms with Crippen molar-refractivity contribution < 1.29 is 19.1 Å². The molecule has 2 heterocycles. The van der Waals surface area contributed by atoms with Gasteiger partial charge >= 0.3 is 0 Å². The van der Waals surface area contributed by atoms with Crippen LogP contribution in [-0.4, -0.2) is 43.5 Å². The van der Waals surface area contributed by atoms with Gasteiger partial charge in [0.15, 0.2) is 0 Å². The number of piperidine rings is 1. The number of hydrogen-bond donors (Lipinski definition) is 0. The number of amides is 2. The van der Waals surface area contributed by atoms with Gasteiger partial charge in [-0.1, -0.05) is 12.1 Å². The first kappa shape index (κ1) is 21.2. The number of likely N-dealkylation sites (tertiary alicyclic amines) is 1. The van der Waals surface area contributed by atoms with Gasteiger partial charge in [0.25, 0.3) is 0 Å². The van der Waals surface area contributed by atoms with Crippen LogP contribution < -0.4 is 14.4 Å². The lowest BCUT2D eigenvalue weighted by Gasteiger charge is -2.37. The van der Waals surface area contributed by atoms with E-state index in [4.69, 9.17) is 9.47 Å². The Bertz CT molecular complexity index is 926. The molecule has 2 saturated heterocycles. The lowest BCUT2D eigenvalue weighted by molar-refractivity contribution is -0.139. The largest absolute Gasteiger partial charge is 0.497 e. The van der Waals surface area contributed by atoms with E-state index in [9.17, 15) is 9.59 Å². The van der Waals surface area contributed by atoms with E-state index in [1.54, 1.807) is 19.1 Å². The van der Waals surface area contributed by atoms with Crippen molar-refractivity contribution in [1.82, 2.24) is 4.90 Å². The molecule has 4 rings (SSSR count). The molecule has 0 bridgehead atoms. The summed E-state index contributed by atoms with van der Waals surface area (Å²) in [5, 5.41) is 0. The molecule has 3 atom stereocenters. The second kappa shape index (κ2) is 9.00. The van der Waals surface area contributed by atoms with Gasteiger partial charge < -0.3 is 19.3 Å². The minimum absolute atomic E-state index is 0.0333. The minimum atomic E-state index is -0.413. The van der Waals surface area contributed by atoms with Crippen LogP contribution in [0.15, 0.2) is 48.5 Å². The molecule has 0 N–H and O–H groups in total. The second-order valence-corrected chi connectivity index (χ2v) is 8.37. The number of hydrogen-bond acceptors (Lipinski definition) is 4. The van der Waals surface area contributed by atoms with Crippen molar-refractivity contribution in [2.75, 3.05) is 25.7 Å². The number of anilines is 1. The number of rotatable bonds is 5. The Morgan fingerprint density at radius 3 is 2.13 bits per heavy atom. The molecule has 0 saturated carbocycles. The average Bonchev–Trinajstić information content (AvgIpc) is 3.16. The van der Waals surface area contributed by atoms with Gasteiger partial charge in [0, 0.05) is 24.7 Å². The van der Waals surface area contributed by atoms with Crippen LogP contribution in [0.25, 0.3) is 0 Å². The van der Waals surface area contributed by atoms with Crippen LogP contribution in [-0.2, 0) is 9.59 Å². The maximum atomic E-state index is 13.6. The molecule has 2 fully saturated rings. The van der Waals surface area contributed by atoms with Crippen LogP contribution >= 0.6 is 0 Å². The highest BCUT2D eigenvalue weighted by Crippen LogP contribution is 2.43. The highest BCUT2D eigenvalue weighted by Gasteiger charge is 2.47. The molecule has 0 spiro atoms. The van der Waals surface area contributed by atoms with E-state index in [2.05, 4.69) is 6.92 Å². The lowest BCUT2D eigenvalue weighted by Crippen LogP contribution is -2.46. The molecule has 2 aliphatic heterocycles. The lowest BCUT2D eigenvalue weighted by atomic mass is 9.90. The van der Waals surface area contributed by atoms with E-state index in [0.717, 1.165) is 48.6 Å². The van der Waals surface area contributed by atoms with Crippen LogP contribution in [0.5, 0.6) is 11.5 Å². The highest BCUT2D eigenvalue weighted by molar-refractivity contribution is 6.01. The van der Waals surface area contributed by atoms with E-state index in [-0.39, 0.29) is 30.3 Å². The Morgan fingerprint density at radius 2 is 1.55 bits per heavy atom. The van der Waals surface area contributed by atoms with Crippen LogP contribution in [0.1, 0.15) is 44.2 Å². The standard InChI is InChI=1S/C25H30N2O4/c1-17-6-4-5-15-26(17)25(29)22-16-23(28)27(19-9-13-21(31-3)14-10-19)24(22)18-7-11-20(30-2)12-8-18/h7-14,17,22,24H,4-6,15-16H2,1-3H3. The molecule has 164 valence electrons. The molecule has 0 aliphatic carbocycles. The molecule has 3 unspecified atom stereocenters. The topological polar surface area (TPSA) is 59.1 Å². The van der Waals surface area contributed by atoms with Crippen LogP contribution in [0, 0.1) is 5.92 Å². The van der Waals surface area contributed by atoms with Gasteiger partial charge in [0.2, 0.25) is 11.8 Å². The summed E-state index contributed by atoms with van der Waals surface area (Å²) in [5.41, 5.74) is 1.71. The smallest absolute Gasteiger partial charge is 0.228 e. The van der Waals surface area contributed by atoms with Gasteiger partial charge in [-0.2, -0.15) is 0 Å². The Morgan fingerprint density at radius 1 is 0.935 bits per heavy atom. The third-order valence-electron chi connectivity index (χ3n) is 6.53. The molecule has 0 aromatic heterocycles. The summed E-state index contributed by atoms with van der Waals surface area (Å²) >= 11 is 0. The predicted octanol–water partition coefficient (Wildman–Crippen LogP) is 4.20. The predicted molar refractivity (Wildman–Crippen MR) is 119 cm³/mol. The summed E-state index contributed by atoms with van der Waals surface area (Å²) in [7, 11) is 3.24. The van der Waals surface area contributed by atoms with Crippen LogP contribution in [0.4, 0.5) is 5.69 Å². The average molecular weight is 423 g/mol. The van der Waals surface area contributed by atoms with Crippen LogP contribution in [0.2, 0.25) is 0 Å². The maximum Gasteiger partial charge on any atom is 0.228 e. The van der Waals surface area contributed by atoms with Crippen molar-refractivity contribution in [2.24, 2.45) is 5.92 Å². The highest BCUT2D eigenvalue weighted by atomic mass is 16.5. The molecule has 2 aromatic carbocycles. The van der Waals surface area contributed by atoms with Gasteiger partial charge in [-0.25, -0.2) is 0 Å². The SMILES string of the molecule is COc1ccc(C2C(C(=O)N3CCCCC3C)CC(=O)N2c2ccc(OC)cc2)cc1. The molecule has 2 amide bonds. The Hall–Kier alpha value is -3.02. The first-order valence-electron chi connectivity index (χ1n) is 10.9. The third-order valence-corrected chi connectivity index (χ3v) is 6.53. The van der Waals surface area contributed by atoms with Gasteiger partial charge in [0.1, 0.15) is 11.5 Å². The first-order chi connectivity index (χ1) is 15.0. The number of ether oxygens (including phenoxy) is 2. The molecule has 6 nitrogen and oxygen atoms in total. The van der Waals surface area contributed by atoms with Crippen molar-refractivity contribution in [1.29, 1.82) is 0 Å². The third kappa shape index (κ3) is 4.11. The zero-order chi connectivity index (χ0) is 22.0. The molecule has 2 aliphatic rings. The fraction of sp³-hybridized carbons (Fsp3) is 0.440. The van der Waals surface area contributed by atoms with Gasteiger partial charge in [-0.05, 0) is 68.1 Å². The minimum Gasteiger partial charge on any atom is -0.497 e. The van der Waals surface area contributed by atoms with Crippen molar-refractivity contribution in [2.45, 2.75) is 44.7 Å². The monoisotopic (exact) mass is 422 g/mol. The summed E-state index contributed by atoms with van der Waals surface area (Å²) in [6.45, 7) is 2.88. The van der Waals surface area contributed by atoms with Crippen molar-refractivity contribution >= 4 is 17.5 Å². The van der Waals surface area contributed by atoms with Gasteiger partial charge in [-0.15, -0.1) is 0 Å². The number of methoxy groups -OCH3 is 2. The van der Waals surface area contributed by atoms with Crippen molar-refractivity contribution in [3.05, 3.63) is 54.1 Å². The van der Waals surface area contributed by atoms with Gasteiger partial charge in [0.05, 0.1) is 26.2 Å². The molecular formula is C25H30N2O4. The van der Waals surface area contributed by atoms with Crippen molar-refractivity contribution in [3.63, 3.8) is 0 Å². The summed E-state index contributed by atoms with van der Waals surface area (Å²) in [6, 6.07) is 15.0. The second-order valence-electron chi connectivity index (χ2n) is 8.37. The Balaban J connectivity index is 1.72. The molecule has 6 heteroatoms. The zero-order valence-electron chi connectivity index (χ0n) is 18.4. The Labute approximate surface area is 183 Å². The summed E-state index contributed by atoms with van der Waals surface area (Å²) in [5.74, 6) is 1.11. The quantitative estimate of drug-likeness (QED) is 0.725. The summed E-state index contributed by atoms with van der Waals surface area (Å²) < 4.78 is 10.6. The number of nitrogens with zero attached hydrogens (tertiary/aromatic N) is 2. The van der Waals surface area contributed by atoms with E-state index in [1.807, 2.05) is 53.4 Å². The maximum absolute atomic E-state index is 13.6. The van der Waals surface area contributed by atoms with E-state index in [0.29, 0.717) is 0 Å². The molecule has 31 heavy (non-hydrogen) atoms. The summed E-state index contributed by atoms with van der Waals surface area (Å²) in [4.78, 5) is 30.6. The Kier molecular flexibility index (Phi) is 6.16. The first-order valence-corrected chi connectivity index (χ1v) is 10.9. The fourth-order valence-electron chi connectivity index (χ4n) is 4.82. The van der Waals surface area contributed by atoms with E-state index < -0.39 is 5.92 Å². The van der Waals surface area contributed by atoms with Gasteiger partial charge in [-0.3, -0.25) is 9.59 Å². The number of carbonyl (C=O) groups excluding carboxylic acids is 2. The molecule has 0 radical (unpaired) electrons. The van der Waals surface area contributed by atoms with E-state index in [1.165, 1.54) is 0 Å². The zero-order valence-corrected chi connectivity index (χ0v) is 18.4. The van der Waals surface area contributed by atoms with E-state index >= 15 is 0 Å². The summed E-state index contributed by atoms with van der Waals surface area (Å²) in [6.07, 6.45) is 3.40. The van der Waals surface area contributed by atoms with Crippen LogP contribution in [0.3, 0.4) is 0 Å². The van der Waals surface area contributed by atoms with Crippen molar-refractivity contribution in [3.8, 4) is 11.5 Å². The molecular weight excluding hydrogens is 392 g/mol.